The second-order valence-corrected chi connectivity index (χ2v) is 6.55. The molecule has 0 saturated heterocycles. The first-order valence-electron chi connectivity index (χ1n) is 9.54. The number of fused-ring (bicyclic) bond motifs is 1. The summed E-state index contributed by atoms with van der Waals surface area (Å²) in [5.41, 5.74) is 2.64. The van der Waals surface area contributed by atoms with Gasteiger partial charge in [-0.05, 0) is 42.1 Å². The molecule has 3 aromatic rings. The molecule has 6 heteroatoms. The van der Waals surface area contributed by atoms with Gasteiger partial charge in [-0.1, -0.05) is 30.2 Å². The minimum Gasteiger partial charge on any atom is -0.356 e. The number of amides is 1. The van der Waals surface area contributed by atoms with E-state index in [0.29, 0.717) is 11.6 Å². The van der Waals surface area contributed by atoms with Crippen LogP contribution in [0.2, 0.25) is 0 Å². The molecule has 6 nitrogen and oxygen atoms in total. The number of anilines is 1. The van der Waals surface area contributed by atoms with Crippen molar-refractivity contribution in [3.8, 4) is 12.3 Å². The van der Waals surface area contributed by atoms with Crippen LogP contribution in [0.25, 0.3) is 10.9 Å². The van der Waals surface area contributed by atoms with Crippen molar-refractivity contribution in [1.29, 1.82) is 0 Å². The number of terminal acetylenes is 1. The highest BCUT2D eigenvalue weighted by Crippen LogP contribution is 2.15. The van der Waals surface area contributed by atoms with Gasteiger partial charge in [-0.2, -0.15) is 0 Å². The third-order valence-electron chi connectivity index (χ3n) is 4.50. The Hall–Kier alpha value is -3.72. The third kappa shape index (κ3) is 5.63. The van der Waals surface area contributed by atoms with E-state index in [9.17, 15) is 4.79 Å². The molecule has 0 aliphatic rings. The topological polar surface area (TPSA) is 70.4 Å². The number of carbonyl (C=O) groups is 1. The zero-order chi connectivity index (χ0) is 20.5. The highest BCUT2D eigenvalue weighted by atomic mass is 16.1. The first-order valence-corrected chi connectivity index (χ1v) is 9.54. The van der Waals surface area contributed by atoms with Crippen molar-refractivity contribution in [2.45, 2.75) is 13.0 Å². The van der Waals surface area contributed by atoms with E-state index in [1.54, 1.807) is 19.2 Å². The summed E-state index contributed by atoms with van der Waals surface area (Å²) in [6.45, 7) is 1.77. The normalized spacial score (nSPS) is 11.1. The largest absolute Gasteiger partial charge is 0.356 e. The summed E-state index contributed by atoms with van der Waals surface area (Å²) in [4.78, 5) is 16.3. The smallest absolute Gasteiger partial charge is 0.243 e. The Bertz CT molecular complexity index is 1040. The van der Waals surface area contributed by atoms with Gasteiger partial charge in [0.2, 0.25) is 5.91 Å². The van der Waals surface area contributed by atoms with Crippen molar-refractivity contribution in [1.82, 2.24) is 15.2 Å². The number of nitrogens with zero attached hydrogens (tertiary/aromatic N) is 2. The van der Waals surface area contributed by atoms with Crippen LogP contribution in [0, 0.1) is 12.3 Å². The van der Waals surface area contributed by atoms with Gasteiger partial charge in [0.1, 0.15) is 0 Å². The van der Waals surface area contributed by atoms with Crippen LogP contribution >= 0.6 is 0 Å². The van der Waals surface area contributed by atoms with Gasteiger partial charge in [-0.25, -0.2) is 0 Å². The van der Waals surface area contributed by atoms with Crippen molar-refractivity contribution in [2.75, 3.05) is 25.5 Å². The average Bonchev–Trinajstić information content (AvgIpc) is 3.16. The number of aromatic nitrogens is 1. The van der Waals surface area contributed by atoms with Crippen LogP contribution in [-0.2, 0) is 11.3 Å². The van der Waals surface area contributed by atoms with Gasteiger partial charge in [0.15, 0.2) is 5.96 Å². The van der Waals surface area contributed by atoms with Crippen molar-refractivity contribution >= 4 is 28.5 Å². The predicted molar refractivity (Wildman–Crippen MR) is 119 cm³/mol. The number of hydrogen-bond donors (Lipinski definition) is 3. The van der Waals surface area contributed by atoms with E-state index in [0.717, 1.165) is 25.1 Å². The standard InChI is InChI=1S/C23H25N5O/c1-3-18-8-6-10-20(16-18)27-22(29)17-26-23(24-2)25-13-7-14-28-15-12-19-9-4-5-11-21(19)28/h1,4-6,8-12,15-16H,7,13-14,17H2,2H3,(H,27,29)(H2,24,25,26). The monoisotopic (exact) mass is 387 g/mol. The lowest BCUT2D eigenvalue weighted by atomic mass is 10.2. The summed E-state index contributed by atoms with van der Waals surface area (Å²) in [5.74, 6) is 2.98. The minimum absolute atomic E-state index is 0.113. The van der Waals surface area contributed by atoms with Crippen LogP contribution in [-0.4, -0.2) is 36.6 Å². The Morgan fingerprint density at radius 2 is 2.00 bits per heavy atom. The van der Waals surface area contributed by atoms with Crippen molar-refractivity contribution in [3.05, 3.63) is 66.4 Å². The molecule has 0 unspecified atom stereocenters. The molecule has 3 N–H and O–H groups in total. The Labute approximate surface area is 171 Å². The van der Waals surface area contributed by atoms with Gasteiger partial charge in [0, 0.05) is 43.1 Å². The Kier molecular flexibility index (Phi) is 6.90. The lowest BCUT2D eigenvalue weighted by Gasteiger charge is -2.12. The fraction of sp³-hybridized carbons (Fsp3) is 0.217. The number of aryl methyl sites for hydroxylation is 1. The number of hydrogen-bond acceptors (Lipinski definition) is 2. The van der Waals surface area contributed by atoms with E-state index in [-0.39, 0.29) is 12.5 Å². The number of nitrogens with one attached hydrogen (secondary N) is 3. The first kappa shape index (κ1) is 20.0. The maximum Gasteiger partial charge on any atom is 0.243 e. The predicted octanol–water partition coefficient (Wildman–Crippen LogP) is 2.82. The fourth-order valence-electron chi connectivity index (χ4n) is 3.07. The average molecular weight is 387 g/mol. The van der Waals surface area contributed by atoms with Crippen LogP contribution < -0.4 is 16.0 Å². The van der Waals surface area contributed by atoms with E-state index < -0.39 is 0 Å². The molecule has 0 radical (unpaired) electrons. The van der Waals surface area contributed by atoms with Crippen LogP contribution in [0.1, 0.15) is 12.0 Å². The molecule has 0 aliphatic heterocycles. The number of benzene rings is 2. The summed E-state index contributed by atoms with van der Waals surface area (Å²) in [7, 11) is 1.68. The van der Waals surface area contributed by atoms with Crippen molar-refractivity contribution in [3.63, 3.8) is 0 Å². The van der Waals surface area contributed by atoms with E-state index in [1.165, 1.54) is 10.9 Å². The van der Waals surface area contributed by atoms with E-state index in [1.807, 2.05) is 18.2 Å². The summed E-state index contributed by atoms with van der Waals surface area (Å²) in [6, 6.07) is 17.7. The van der Waals surface area contributed by atoms with E-state index in [4.69, 9.17) is 6.42 Å². The molecule has 3 rings (SSSR count). The molecule has 0 saturated carbocycles. The summed E-state index contributed by atoms with van der Waals surface area (Å²) < 4.78 is 2.24. The van der Waals surface area contributed by atoms with Crippen LogP contribution in [0.3, 0.4) is 0 Å². The van der Waals surface area contributed by atoms with E-state index in [2.05, 4.69) is 61.9 Å². The minimum atomic E-state index is -0.166. The molecule has 2 aromatic carbocycles. The lowest BCUT2D eigenvalue weighted by Crippen LogP contribution is -2.41. The SMILES string of the molecule is C#Cc1cccc(NC(=O)CNC(=NC)NCCCn2ccc3ccccc32)c1. The number of aliphatic imine (C=N–C) groups is 1. The molecular weight excluding hydrogens is 362 g/mol. The van der Waals surface area contributed by atoms with Crippen LogP contribution in [0.15, 0.2) is 65.8 Å². The maximum absolute atomic E-state index is 12.1. The van der Waals surface area contributed by atoms with Gasteiger partial charge in [0.05, 0.1) is 6.54 Å². The first-order chi connectivity index (χ1) is 14.2. The Morgan fingerprint density at radius 3 is 2.83 bits per heavy atom. The van der Waals surface area contributed by atoms with Gasteiger partial charge >= 0.3 is 0 Å². The number of carbonyl (C=O) groups excluding carboxylic acids is 1. The van der Waals surface area contributed by atoms with Crippen LogP contribution in [0.4, 0.5) is 5.69 Å². The van der Waals surface area contributed by atoms with Crippen molar-refractivity contribution in [2.24, 2.45) is 4.99 Å². The third-order valence-corrected chi connectivity index (χ3v) is 4.50. The zero-order valence-corrected chi connectivity index (χ0v) is 16.5. The van der Waals surface area contributed by atoms with Gasteiger partial charge < -0.3 is 20.5 Å². The molecule has 0 aliphatic carbocycles. The highest BCUT2D eigenvalue weighted by molar-refractivity contribution is 5.95. The molecule has 0 bridgehead atoms. The molecule has 1 heterocycles. The van der Waals surface area contributed by atoms with Gasteiger partial charge in [-0.15, -0.1) is 6.42 Å². The van der Waals surface area contributed by atoms with Crippen LogP contribution in [0.5, 0.6) is 0 Å². The molecule has 0 fully saturated rings. The van der Waals surface area contributed by atoms with Gasteiger partial charge in [-0.3, -0.25) is 9.79 Å². The van der Waals surface area contributed by atoms with Gasteiger partial charge in [0.25, 0.3) is 0 Å². The Morgan fingerprint density at radius 1 is 1.14 bits per heavy atom. The highest BCUT2D eigenvalue weighted by Gasteiger charge is 2.05. The maximum atomic E-state index is 12.1. The molecule has 29 heavy (non-hydrogen) atoms. The zero-order valence-electron chi connectivity index (χ0n) is 16.5. The quantitative estimate of drug-likeness (QED) is 0.253. The summed E-state index contributed by atoms with van der Waals surface area (Å²) in [6.07, 6.45) is 8.42. The second-order valence-electron chi connectivity index (χ2n) is 6.55. The Balaban J connectivity index is 1.40. The molecule has 1 aromatic heterocycles. The fourth-order valence-corrected chi connectivity index (χ4v) is 3.07. The second kappa shape index (κ2) is 10.00. The molecule has 1 amide bonds. The molecular formula is C23H25N5O. The van der Waals surface area contributed by atoms with Crippen molar-refractivity contribution < 1.29 is 4.79 Å². The number of guanidine groups is 1. The molecule has 148 valence electrons. The molecule has 0 atom stereocenters. The number of para-hydroxylation sites is 1. The lowest BCUT2D eigenvalue weighted by molar-refractivity contribution is -0.115. The van der Waals surface area contributed by atoms with E-state index >= 15 is 0 Å². The summed E-state index contributed by atoms with van der Waals surface area (Å²) in [5, 5.41) is 10.3. The number of rotatable bonds is 7. The molecule has 0 spiro atoms. The summed E-state index contributed by atoms with van der Waals surface area (Å²) >= 11 is 0.